The lowest BCUT2D eigenvalue weighted by Crippen LogP contribution is -2.51. The average molecular weight is 404 g/mol. The Morgan fingerprint density at radius 1 is 1.13 bits per heavy atom. The van der Waals surface area contributed by atoms with E-state index >= 15 is 0 Å². The van der Waals surface area contributed by atoms with Crippen LogP contribution < -0.4 is 10.1 Å². The number of hydrogen-bond donors (Lipinski definition) is 1. The first kappa shape index (κ1) is 18.7. The summed E-state index contributed by atoms with van der Waals surface area (Å²) in [5.74, 6) is 0.721. The highest BCUT2D eigenvalue weighted by Crippen LogP contribution is 2.44. The summed E-state index contributed by atoms with van der Waals surface area (Å²) in [7, 11) is 2.14. The van der Waals surface area contributed by atoms with E-state index in [4.69, 9.17) is 4.74 Å². The molecule has 154 valence electrons. The van der Waals surface area contributed by atoms with E-state index in [0.717, 1.165) is 43.7 Å². The Morgan fingerprint density at radius 2 is 1.90 bits per heavy atom. The van der Waals surface area contributed by atoms with Crippen LogP contribution in [-0.4, -0.2) is 56.8 Å². The van der Waals surface area contributed by atoms with E-state index in [1.165, 1.54) is 11.0 Å². The van der Waals surface area contributed by atoms with Gasteiger partial charge in [0.25, 0.3) is 5.91 Å². The third-order valence-corrected chi connectivity index (χ3v) is 6.15. The Balaban J connectivity index is 1.45. The SMILES string of the molecule is CN1CCC2(CC1)C[C@@H](NC(=O)c1ccccc1-n1cnnn1)c1ccccc1O2. The largest absolute Gasteiger partial charge is 0.487 e. The lowest BCUT2D eigenvalue weighted by molar-refractivity contribution is -0.0195. The minimum atomic E-state index is -0.242. The van der Waals surface area contributed by atoms with Gasteiger partial charge in [0, 0.05) is 25.1 Å². The molecule has 0 bridgehead atoms. The molecule has 0 saturated carbocycles. The van der Waals surface area contributed by atoms with Gasteiger partial charge in [0.05, 0.1) is 17.3 Å². The fourth-order valence-corrected chi connectivity index (χ4v) is 4.45. The van der Waals surface area contributed by atoms with E-state index < -0.39 is 0 Å². The number of para-hydroxylation sites is 2. The van der Waals surface area contributed by atoms with Gasteiger partial charge < -0.3 is 15.0 Å². The van der Waals surface area contributed by atoms with Gasteiger partial charge in [-0.25, -0.2) is 0 Å². The predicted octanol–water partition coefficient (Wildman–Crippen LogP) is 2.38. The van der Waals surface area contributed by atoms with Crippen molar-refractivity contribution in [1.82, 2.24) is 30.4 Å². The molecule has 30 heavy (non-hydrogen) atoms. The molecule has 3 aromatic rings. The number of nitrogens with zero attached hydrogens (tertiary/aromatic N) is 5. The fraction of sp³-hybridized carbons (Fsp3) is 0.364. The van der Waals surface area contributed by atoms with Crippen molar-refractivity contribution in [1.29, 1.82) is 0 Å². The molecule has 1 atom stereocenters. The number of tetrazole rings is 1. The molecule has 2 aliphatic heterocycles. The van der Waals surface area contributed by atoms with Gasteiger partial charge in [0.1, 0.15) is 17.7 Å². The van der Waals surface area contributed by atoms with E-state index in [0.29, 0.717) is 11.3 Å². The van der Waals surface area contributed by atoms with Crippen molar-refractivity contribution in [3.05, 3.63) is 66.0 Å². The van der Waals surface area contributed by atoms with Crippen LogP contribution in [0.1, 0.15) is 41.2 Å². The first-order chi connectivity index (χ1) is 14.6. The number of nitrogens with one attached hydrogen (secondary N) is 1. The molecule has 8 heteroatoms. The minimum Gasteiger partial charge on any atom is -0.487 e. The quantitative estimate of drug-likeness (QED) is 0.722. The number of carbonyl (C=O) groups excluding carboxylic acids is 1. The molecule has 1 amide bonds. The first-order valence-corrected chi connectivity index (χ1v) is 10.2. The lowest BCUT2D eigenvalue weighted by atomic mass is 9.80. The van der Waals surface area contributed by atoms with Gasteiger partial charge in [0.2, 0.25) is 0 Å². The highest BCUT2D eigenvalue weighted by Gasteiger charge is 2.43. The summed E-state index contributed by atoms with van der Waals surface area (Å²) in [6, 6.07) is 15.2. The van der Waals surface area contributed by atoms with E-state index in [-0.39, 0.29) is 17.6 Å². The second-order valence-electron chi connectivity index (χ2n) is 8.13. The molecule has 1 N–H and O–H groups in total. The van der Waals surface area contributed by atoms with Crippen LogP contribution in [-0.2, 0) is 0 Å². The molecule has 0 aliphatic carbocycles. The number of fused-ring (bicyclic) bond motifs is 1. The number of amides is 1. The molecule has 0 radical (unpaired) electrons. The minimum absolute atomic E-state index is 0.118. The van der Waals surface area contributed by atoms with Gasteiger partial charge in [-0.3, -0.25) is 4.79 Å². The smallest absolute Gasteiger partial charge is 0.253 e. The Labute approximate surface area is 174 Å². The van der Waals surface area contributed by atoms with Gasteiger partial charge >= 0.3 is 0 Å². The molecule has 3 heterocycles. The average Bonchev–Trinajstić information content (AvgIpc) is 3.31. The number of rotatable bonds is 3. The van der Waals surface area contributed by atoms with E-state index in [9.17, 15) is 4.79 Å². The van der Waals surface area contributed by atoms with E-state index in [1.807, 2.05) is 42.5 Å². The molecule has 0 unspecified atom stereocenters. The van der Waals surface area contributed by atoms with Crippen molar-refractivity contribution in [2.24, 2.45) is 0 Å². The molecule has 1 saturated heterocycles. The molecule has 2 aliphatic rings. The summed E-state index contributed by atoms with van der Waals surface area (Å²) in [4.78, 5) is 15.6. The molecule has 5 rings (SSSR count). The van der Waals surface area contributed by atoms with Crippen LogP contribution in [0.2, 0.25) is 0 Å². The summed E-state index contributed by atoms with van der Waals surface area (Å²) in [5.41, 5.74) is 1.96. The molecular weight excluding hydrogens is 380 g/mol. The third-order valence-electron chi connectivity index (χ3n) is 6.15. The zero-order chi connectivity index (χ0) is 20.6. The number of likely N-dealkylation sites (tertiary alicyclic amines) is 1. The van der Waals surface area contributed by atoms with Crippen LogP contribution >= 0.6 is 0 Å². The first-order valence-electron chi connectivity index (χ1n) is 10.2. The highest BCUT2D eigenvalue weighted by atomic mass is 16.5. The topological polar surface area (TPSA) is 85.2 Å². The Hall–Kier alpha value is -3.26. The molecule has 8 nitrogen and oxygen atoms in total. The Kier molecular flexibility index (Phi) is 4.71. The highest BCUT2D eigenvalue weighted by molar-refractivity contribution is 5.98. The van der Waals surface area contributed by atoms with Crippen LogP contribution in [0.3, 0.4) is 0 Å². The van der Waals surface area contributed by atoms with E-state index in [2.05, 4.69) is 32.8 Å². The predicted molar refractivity (Wildman–Crippen MR) is 111 cm³/mol. The number of carbonyl (C=O) groups is 1. The van der Waals surface area contributed by atoms with Crippen LogP contribution in [0, 0.1) is 0 Å². The van der Waals surface area contributed by atoms with Gasteiger partial charge in [-0.1, -0.05) is 30.3 Å². The molecule has 2 aromatic carbocycles. The van der Waals surface area contributed by atoms with Crippen molar-refractivity contribution >= 4 is 5.91 Å². The second kappa shape index (κ2) is 7.53. The molecule has 1 aromatic heterocycles. The monoisotopic (exact) mass is 404 g/mol. The van der Waals surface area contributed by atoms with Gasteiger partial charge in [-0.15, -0.1) is 5.10 Å². The van der Waals surface area contributed by atoms with E-state index in [1.54, 1.807) is 6.07 Å². The Morgan fingerprint density at radius 3 is 2.70 bits per heavy atom. The molecule has 1 fully saturated rings. The number of aromatic nitrogens is 4. The van der Waals surface area contributed by atoms with Crippen LogP contribution in [0.25, 0.3) is 5.69 Å². The Bertz CT molecular complexity index is 1040. The van der Waals surface area contributed by atoms with Crippen LogP contribution in [0.4, 0.5) is 0 Å². The maximum absolute atomic E-state index is 13.3. The van der Waals surface area contributed by atoms with Gasteiger partial charge in [-0.05, 0) is 48.5 Å². The summed E-state index contributed by atoms with van der Waals surface area (Å²) < 4.78 is 8.01. The third kappa shape index (κ3) is 3.43. The van der Waals surface area contributed by atoms with Crippen molar-refractivity contribution in [3.63, 3.8) is 0 Å². The summed E-state index contributed by atoms with van der Waals surface area (Å²) in [5, 5.41) is 14.6. The zero-order valence-electron chi connectivity index (χ0n) is 16.9. The van der Waals surface area contributed by atoms with Crippen LogP contribution in [0.5, 0.6) is 5.75 Å². The van der Waals surface area contributed by atoms with Gasteiger partial charge in [0.15, 0.2) is 0 Å². The maximum Gasteiger partial charge on any atom is 0.253 e. The standard InChI is InChI=1S/C22H24N6O2/c1-27-12-10-22(11-13-27)14-18(16-6-3-5-9-20(16)30-22)24-21(29)17-7-2-4-8-19(17)28-15-23-25-26-28/h2-9,15,18H,10-14H2,1H3,(H,24,29)/t18-/m1/s1. The number of benzene rings is 2. The number of hydrogen-bond acceptors (Lipinski definition) is 6. The second-order valence-corrected chi connectivity index (χ2v) is 8.13. The summed E-state index contributed by atoms with van der Waals surface area (Å²) in [6.45, 7) is 1.98. The molecule has 1 spiro atoms. The number of ether oxygens (including phenoxy) is 1. The fourth-order valence-electron chi connectivity index (χ4n) is 4.45. The zero-order valence-corrected chi connectivity index (χ0v) is 16.9. The normalized spacial score (nSPS) is 20.4. The molecular formula is C22H24N6O2. The number of piperidine rings is 1. The van der Waals surface area contributed by atoms with Crippen molar-refractivity contribution in [2.75, 3.05) is 20.1 Å². The van der Waals surface area contributed by atoms with Crippen molar-refractivity contribution < 1.29 is 9.53 Å². The lowest BCUT2D eigenvalue weighted by Gasteiger charge is -2.46. The summed E-state index contributed by atoms with van der Waals surface area (Å²) in [6.07, 6.45) is 4.15. The summed E-state index contributed by atoms with van der Waals surface area (Å²) >= 11 is 0. The van der Waals surface area contributed by atoms with Crippen LogP contribution in [0.15, 0.2) is 54.9 Å². The van der Waals surface area contributed by atoms with Gasteiger partial charge in [-0.2, -0.15) is 4.68 Å². The van der Waals surface area contributed by atoms with Crippen molar-refractivity contribution in [3.8, 4) is 11.4 Å². The van der Waals surface area contributed by atoms with Crippen molar-refractivity contribution in [2.45, 2.75) is 30.9 Å². The maximum atomic E-state index is 13.3.